The molecule has 3 aromatic rings. The van der Waals surface area contributed by atoms with E-state index in [1.807, 2.05) is 19.1 Å². The number of ether oxygens (including phenoxy) is 2. The molecule has 1 aromatic carbocycles. The first-order chi connectivity index (χ1) is 13.6. The number of anilines is 1. The first kappa shape index (κ1) is 20.2. The number of nitrogens with one attached hydrogen (secondary N) is 1. The predicted octanol–water partition coefficient (Wildman–Crippen LogP) is 4.18. The van der Waals surface area contributed by atoms with Crippen molar-refractivity contribution in [2.24, 2.45) is 0 Å². The molecule has 0 saturated heterocycles. The van der Waals surface area contributed by atoms with Gasteiger partial charge in [-0.15, -0.1) is 11.8 Å². The molecule has 2 aromatic heterocycles. The van der Waals surface area contributed by atoms with Crippen LogP contribution in [0.2, 0.25) is 0 Å². The van der Waals surface area contributed by atoms with Crippen LogP contribution in [0.4, 0.5) is 5.13 Å². The number of hydrogen-bond donors (Lipinski definition) is 1. The summed E-state index contributed by atoms with van der Waals surface area (Å²) in [7, 11) is 3.16. The quantitative estimate of drug-likeness (QED) is 0.521. The van der Waals surface area contributed by atoms with Crippen LogP contribution in [-0.4, -0.2) is 30.1 Å². The third kappa shape index (κ3) is 5.49. The number of carbonyl (C=O) groups is 1. The predicted molar refractivity (Wildman–Crippen MR) is 109 cm³/mol. The second-order valence-corrected chi connectivity index (χ2v) is 8.10. The van der Waals surface area contributed by atoms with Crippen molar-refractivity contribution in [3.63, 3.8) is 0 Å². The highest BCUT2D eigenvalue weighted by atomic mass is 32.2. The molecule has 9 heteroatoms. The Morgan fingerprint density at radius 1 is 1.18 bits per heavy atom. The minimum absolute atomic E-state index is 0.151. The van der Waals surface area contributed by atoms with Gasteiger partial charge in [0.2, 0.25) is 11.8 Å². The van der Waals surface area contributed by atoms with Gasteiger partial charge in [0, 0.05) is 12.5 Å². The fourth-order valence-corrected chi connectivity index (χ4v) is 4.15. The van der Waals surface area contributed by atoms with Gasteiger partial charge in [-0.3, -0.25) is 4.79 Å². The SMILES string of the molecule is CCc1cnc(CSc2cnc(NC(=O)Cc3cc(OC)cc(OC)c3)s2)o1. The number of thiazole rings is 1. The van der Waals surface area contributed by atoms with Gasteiger partial charge in [-0.05, 0) is 17.7 Å². The van der Waals surface area contributed by atoms with Gasteiger partial charge in [0.05, 0.1) is 43.0 Å². The summed E-state index contributed by atoms with van der Waals surface area (Å²) < 4.78 is 17.0. The molecule has 1 N–H and O–H groups in total. The second-order valence-electron chi connectivity index (χ2n) is 5.79. The maximum Gasteiger partial charge on any atom is 0.230 e. The lowest BCUT2D eigenvalue weighted by Gasteiger charge is -2.08. The third-order valence-corrected chi connectivity index (χ3v) is 5.89. The van der Waals surface area contributed by atoms with E-state index in [2.05, 4.69) is 15.3 Å². The largest absolute Gasteiger partial charge is 0.497 e. The van der Waals surface area contributed by atoms with Gasteiger partial charge in [-0.25, -0.2) is 9.97 Å². The number of nitrogens with zero attached hydrogens (tertiary/aromatic N) is 2. The van der Waals surface area contributed by atoms with Crippen LogP contribution in [0.3, 0.4) is 0 Å². The van der Waals surface area contributed by atoms with E-state index in [9.17, 15) is 4.79 Å². The molecule has 0 bridgehead atoms. The number of aryl methyl sites for hydroxylation is 1. The van der Waals surface area contributed by atoms with E-state index >= 15 is 0 Å². The smallest absolute Gasteiger partial charge is 0.230 e. The molecule has 148 valence electrons. The molecule has 0 unspecified atom stereocenters. The Morgan fingerprint density at radius 2 is 1.93 bits per heavy atom. The van der Waals surface area contributed by atoms with Gasteiger partial charge in [-0.1, -0.05) is 18.3 Å². The Labute approximate surface area is 171 Å². The zero-order valence-electron chi connectivity index (χ0n) is 15.9. The van der Waals surface area contributed by atoms with Crippen LogP contribution in [0, 0.1) is 0 Å². The molecule has 0 aliphatic rings. The maximum absolute atomic E-state index is 12.3. The summed E-state index contributed by atoms with van der Waals surface area (Å²) in [5.74, 6) is 3.33. The highest BCUT2D eigenvalue weighted by Crippen LogP contribution is 2.31. The number of benzene rings is 1. The van der Waals surface area contributed by atoms with Crippen molar-refractivity contribution in [3.8, 4) is 11.5 Å². The van der Waals surface area contributed by atoms with E-state index in [0.717, 1.165) is 22.0 Å². The molecule has 3 rings (SSSR count). The van der Waals surface area contributed by atoms with Crippen LogP contribution in [0.1, 0.15) is 24.1 Å². The Morgan fingerprint density at radius 3 is 2.57 bits per heavy atom. The van der Waals surface area contributed by atoms with Gasteiger partial charge >= 0.3 is 0 Å². The number of methoxy groups -OCH3 is 2. The van der Waals surface area contributed by atoms with Gasteiger partial charge in [0.1, 0.15) is 17.3 Å². The molecule has 0 saturated carbocycles. The summed E-state index contributed by atoms with van der Waals surface area (Å²) >= 11 is 2.99. The summed E-state index contributed by atoms with van der Waals surface area (Å²) in [6.07, 6.45) is 4.52. The number of hydrogen-bond acceptors (Lipinski definition) is 8. The minimum atomic E-state index is -0.151. The molecule has 7 nitrogen and oxygen atoms in total. The van der Waals surface area contributed by atoms with Crippen molar-refractivity contribution in [3.05, 3.63) is 47.8 Å². The maximum atomic E-state index is 12.3. The molecule has 0 atom stereocenters. The van der Waals surface area contributed by atoms with Gasteiger partial charge in [-0.2, -0.15) is 0 Å². The van der Waals surface area contributed by atoms with Crippen molar-refractivity contribution < 1.29 is 18.7 Å². The number of aromatic nitrogens is 2. The van der Waals surface area contributed by atoms with E-state index < -0.39 is 0 Å². The molecule has 0 aliphatic carbocycles. The molecular formula is C19H21N3O4S2. The Hall–Kier alpha value is -2.52. The average molecular weight is 420 g/mol. The molecule has 2 heterocycles. The number of amides is 1. The first-order valence-electron chi connectivity index (χ1n) is 8.63. The summed E-state index contributed by atoms with van der Waals surface area (Å²) in [5, 5.41) is 3.39. The standard InChI is InChI=1S/C19H21N3O4S2/c1-4-13-9-20-17(26-13)11-27-18-10-21-19(28-18)22-16(23)7-12-5-14(24-2)8-15(6-12)25-3/h5-6,8-10H,4,7,11H2,1-3H3,(H,21,22,23). The Kier molecular flexibility index (Phi) is 6.94. The van der Waals surface area contributed by atoms with Crippen LogP contribution in [0.25, 0.3) is 0 Å². The monoisotopic (exact) mass is 419 g/mol. The normalized spacial score (nSPS) is 10.7. The van der Waals surface area contributed by atoms with Crippen molar-refractivity contribution >= 4 is 34.1 Å². The summed E-state index contributed by atoms with van der Waals surface area (Å²) in [6.45, 7) is 2.02. The lowest BCUT2D eigenvalue weighted by molar-refractivity contribution is -0.115. The van der Waals surface area contributed by atoms with Crippen LogP contribution in [-0.2, 0) is 23.4 Å². The highest BCUT2D eigenvalue weighted by Gasteiger charge is 2.11. The number of rotatable bonds is 9. The molecule has 0 fully saturated rings. The van der Waals surface area contributed by atoms with Crippen molar-refractivity contribution in [1.82, 2.24) is 9.97 Å². The number of oxazole rings is 1. The Balaban J connectivity index is 1.55. The molecule has 28 heavy (non-hydrogen) atoms. The number of carbonyl (C=O) groups excluding carboxylic acids is 1. The van der Waals surface area contributed by atoms with E-state index in [0.29, 0.717) is 28.3 Å². The van der Waals surface area contributed by atoms with Crippen LogP contribution < -0.4 is 14.8 Å². The van der Waals surface area contributed by atoms with Crippen molar-refractivity contribution in [2.45, 2.75) is 29.7 Å². The van der Waals surface area contributed by atoms with E-state index in [1.165, 1.54) is 11.3 Å². The summed E-state index contributed by atoms with van der Waals surface area (Å²) in [4.78, 5) is 20.9. The lowest BCUT2D eigenvalue weighted by atomic mass is 10.1. The second kappa shape index (κ2) is 9.61. The van der Waals surface area contributed by atoms with Crippen LogP contribution in [0.5, 0.6) is 11.5 Å². The molecule has 0 spiro atoms. The lowest BCUT2D eigenvalue weighted by Crippen LogP contribution is -2.14. The fraction of sp³-hybridized carbons (Fsp3) is 0.316. The van der Waals surface area contributed by atoms with Crippen LogP contribution in [0.15, 0.2) is 39.2 Å². The first-order valence-corrected chi connectivity index (χ1v) is 10.4. The molecule has 1 amide bonds. The van der Waals surface area contributed by atoms with Crippen molar-refractivity contribution in [1.29, 1.82) is 0 Å². The van der Waals surface area contributed by atoms with Gasteiger partial charge < -0.3 is 19.2 Å². The minimum Gasteiger partial charge on any atom is -0.497 e. The fourth-order valence-electron chi connectivity index (χ4n) is 2.41. The number of thioether (sulfide) groups is 1. The topological polar surface area (TPSA) is 86.5 Å². The molecule has 0 radical (unpaired) electrons. The zero-order chi connectivity index (χ0) is 19.9. The van der Waals surface area contributed by atoms with E-state index in [4.69, 9.17) is 13.9 Å². The molecular weight excluding hydrogens is 398 g/mol. The zero-order valence-corrected chi connectivity index (χ0v) is 17.5. The van der Waals surface area contributed by atoms with E-state index in [-0.39, 0.29) is 12.3 Å². The Bertz CT molecular complexity index is 917. The van der Waals surface area contributed by atoms with Crippen molar-refractivity contribution in [2.75, 3.05) is 19.5 Å². The summed E-state index contributed by atoms with van der Waals surface area (Å²) in [5.41, 5.74) is 0.801. The highest BCUT2D eigenvalue weighted by molar-refractivity contribution is 8.00. The summed E-state index contributed by atoms with van der Waals surface area (Å²) in [6, 6.07) is 5.39. The third-order valence-electron chi connectivity index (χ3n) is 3.79. The average Bonchev–Trinajstić information content (AvgIpc) is 3.34. The van der Waals surface area contributed by atoms with E-state index in [1.54, 1.807) is 44.4 Å². The van der Waals surface area contributed by atoms with Crippen LogP contribution >= 0.6 is 23.1 Å². The molecule has 0 aliphatic heterocycles. The van der Waals surface area contributed by atoms with Gasteiger partial charge in [0.15, 0.2) is 5.13 Å². The van der Waals surface area contributed by atoms with Gasteiger partial charge in [0.25, 0.3) is 0 Å².